The Bertz CT molecular complexity index is 646. The van der Waals surface area contributed by atoms with Gasteiger partial charge in [-0.2, -0.15) is 0 Å². The maximum Gasteiger partial charge on any atom is 0.181 e. The van der Waals surface area contributed by atoms with E-state index in [0.717, 1.165) is 17.1 Å². The van der Waals surface area contributed by atoms with Gasteiger partial charge in [-0.3, -0.25) is 4.79 Å². The third kappa shape index (κ3) is 2.67. The van der Waals surface area contributed by atoms with Gasteiger partial charge in [0.1, 0.15) is 13.2 Å². The zero-order chi connectivity index (χ0) is 13.9. The van der Waals surface area contributed by atoms with Gasteiger partial charge >= 0.3 is 0 Å². The van der Waals surface area contributed by atoms with Gasteiger partial charge in [-0.25, -0.2) is 0 Å². The van der Waals surface area contributed by atoms with Crippen LogP contribution in [-0.2, 0) is 6.54 Å². The van der Waals surface area contributed by atoms with Crippen molar-refractivity contribution in [3.05, 3.63) is 58.5 Å². The van der Waals surface area contributed by atoms with Gasteiger partial charge in [-0.05, 0) is 17.7 Å². The zero-order valence-corrected chi connectivity index (χ0v) is 11.0. The fraction of sp³-hybridized carbons (Fsp3) is 0.267. The molecule has 1 atom stereocenters. The lowest BCUT2D eigenvalue weighted by Crippen LogP contribution is -2.20. The first-order valence-electron chi connectivity index (χ1n) is 6.53. The van der Waals surface area contributed by atoms with E-state index >= 15 is 0 Å². The van der Waals surface area contributed by atoms with E-state index in [4.69, 9.17) is 15.2 Å². The van der Waals surface area contributed by atoms with Gasteiger partial charge in [0.15, 0.2) is 16.9 Å². The number of rotatable bonds is 3. The second-order valence-electron chi connectivity index (χ2n) is 4.74. The van der Waals surface area contributed by atoms with E-state index in [1.54, 1.807) is 12.4 Å². The number of nitrogens with zero attached hydrogens (tertiary/aromatic N) is 1. The number of pyridine rings is 1. The Labute approximate surface area is 116 Å². The Morgan fingerprint density at radius 3 is 2.55 bits per heavy atom. The lowest BCUT2D eigenvalue weighted by molar-refractivity contribution is 0.171. The topological polar surface area (TPSA) is 66.5 Å². The molecule has 2 heterocycles. The van der Waals surface area contributed by atoms with Gasteiger partial charge in [0.2, 0.25) is 0 Å². The zero-order valence-electron chi connectivity index (χ0n) is 11.0. The van der Waals surface area contributed by atoms with Crippen molar-refractivity contribution >= 4 is 0 Å². The average Bonchev–Trinajstić information content (AvgIpc) is 2.49. The predicted molar refractivity (Wildman–Crippen MR) is 75.1 cm³/mol. The summed E-state index contributed by atoms with van der Waals surface area (Å²) in [4.78, 5) is 11.1. The summed E-state index contributed by atoms with van der Waals surface area (Å²) in [5.74, 6) is 1.50. The average molecular weight is 272 g/mol. The molecular formula is C15H16N2O3. The summed E-state index contributed by atoms with van der Waals surface area (Å²) >= 11 is 0. The molecule has 0 fully saturated rings. The van der Waals surface area contributed by atoms with Gasteiger partial charge in [0, 0.05) is 37.1 Å². The minimum Gasteiger partial charge on any atom is -0.486 e. The van der Waals surface area contributed by atoms with Crippen molar-refractivity contribution in [2.24, 2.45) is 5.73 Å². The van der Waals surface area contributed by atoms with E-state index in [-0.39, 0.29) is 11.5 Å². The summed E-state index contributed by atoms with van der Waals surface area (Å²) < 4.78 is 12.9. The monoisotopic (exact) mass is 272 g/mol. The van der Waals surface area contributed by atoms with Crippen LogP contribution in [0.15, 0.2) is 47.5 Å². The standard InChI is InChI=1S/C15H16N2O3/c16-13(10-17-5-3-12(18)4-6-17)11-1-2-14-15(9-11)20-8-7-19-14/h1-6,9,13H,7-8,10,16H2. The second kappa shape index (κ2) is 5.38. The Morgan fingerprint density at radius 2 is 1.80 bits per heavy atom. The minimum absolute atomic E-state index is 0.00542. The first-order chi connectivity index (χ1) is 9.72. The molecule has 0 saturated carbocycles. The van der Waals surface area contributed by atoms with Crippen LogP contribution in [0.25, 0.3) is 0 Å². The molecule has 104 valence electrons. The molecule has 5 nitrogen and oxygen atoms in total. The number of aromatic nitrogens is 1. The second-order valence-corrected chi connectivity index (χ2v) is 4.74. The summed E-state index contributed by atoms with van der Waals surface area (Å²) in [7, 11) is 0. The predicted octanol–water partition coefficient (Wildman–Crippen LogP) is 1.32. The smallest absolute Gasteiger partial charge is 0.181 e. The molecule has 5 heteroatoms. The summed E-state index contributed by atoms with van der Waals surface area (Å²) in [5, 5.41) is 0. The summed E-state index contributed by atoms with van der Waals surface area (Å²) in [6.45, 7) is 1.74. The van der Waals surface area contributed by atoms with Crippen LogP contribution < -0.4 is 20.6 Å². The number of hydrogen-bond donors (Lipinski definition) is 1. The maximum absolute atomic E-state index is 11.1. The first kappa shape index (κ1) is 12.7. The minimum atomic E-state index is -0.173. The largest absolute Gasteiger partial charge is 0.486 e. The van der Waals surface area contributed by atoms with E-state index in [1.807, 2.05) is 22.8 Å². The van der Waals surface area contributed by atoms with Gasteiger partial charge in [0.05, 0.1) is 0 Å². The van der Waals surface area contributed by atoms with Gasteiger partial charge in [-0.15, -0.1) is 0 Å². The number of benzene rings is 1. The molecule has 1 unspecified atom stereocenters. The summed E-state index contributed by atoms with van der Waals surface area (Å²) in [6.07, 6.45) is 3.47. The van der Waals surface area contributed by atoms with Crippen molar-refractivity contribution in [1.82, 2.24) is 4.57 Å². The van der Waals surface area contributed by atoms with Crippen LogP contribution in [0.2, 0.25) is 0 Å². The van der Waals surface area contributed by atoms with E-state index in [9.17, 15) is 4.79 Å². The van der Waals surface area contributed by atoms with Crippen LogP contribution in [0.3, 0.4) is 0 Å². The Kier molecular flexibility index (Phi) is 3.43. The van der Waals surface area contributed by atoms with Crippen LogP contribution in [0.5, 0.6) is 11.5 Å². The highest BCUT2D eigenvalue weighted by Gasteiger charge is 2.14. The summed E-state index contributed by atoms with van der Waals surface area (Å²) in [5.41, 5.74) is 7.18. The third-order valence-electron chi connectivity index (χ3n) is 3.26. The van der Waals surface area contributed by atoms with Crippen molar-refractivity contribution in [2.45, 2.75) is 12.6 Å². The van der Waals surface area contributed by atoms with E-state index in [1.165, 1.54) is 12.1 Å². The quantitative estimate of drug-likeness (QED) is 0.915. The van der Waals surface area contributed by atoms with Crippen molar-refractivity contribution < 1.29 is 9.47 Å². The number of nitrogens with two attached hydrogens (primary N) is 1. The van der Waals surface area contributed by atoms with Crippen LogP contribution >= 0.6 is 0 Å². The van der Waals surface area contributed by atoms with Crippen LogP contribution in [0.4, 0.5) is 0 Å². The molecule has 0 bridgehead atoms. The molecule has 2 aromatic rings. The molecule has 0 radical (unpaired) electrons. The van der Waals surface area contributed by atoms with Gasteiger partial charge in [0.25, 0.3) is 0 Å². The highest BCUT2D eigenvalue weighted by atomic mass is 16.6. The van der Waals surface area contributed by atoms with Crippen LogP contribution in [-0.4, -0.2) is 17.8 Å². The van der Waals surface area contributed by atoms with E-state index in [2.05, 4.69) is 0 Å². The number of fused-ring (bicyclic) bond motifs is 1. The highest BCUT2D eigenvalue weighted by molar-refractivity contribution is 5.44. The van der Waals surface area contributed by atoms with Crippen LogP contribution in [0.1, 0.15) is 11.6 Å². The Hall–Kier alpha value is -2.27. The Balaban J connectivity index is 1.78. The molecule has 0 saturated heterocycles. The van der Waals surface area contributed by atoms with Gasteiger partial charge in [-0.1, -0.05) is 6.07 Å². The SMILES string of the molecule is NC(Cn1ccc(=O)cc1)c1ccc2c(c1)OCCO2. The third-order valence-corrected chi connectivity index (χ3v) is 3.26. The Morgan fingerprint density at radius 1 is 1.10 bits per heavy atom. The lowest BCUT2D eigenvalue weighted by Gasteiger charge is -2.21. The molecule has 3 rings (SSSR count). The summed E-state index contributed by atoms with van der Waals surface area (Å²) in [6, 6.07) is 8.62. The number of hydrogen-bond acceptors (Lipinski definition) is 4. The van der Waals surface area contributed by atoms with Crippen molar-refractivity contribution in [1.29, 1.82) is 0 Å². The molecule has 20 heavy (non-hydrogen) atoms. The highest BCUT2D eigenvalue weighted by Crippen LogP contribution is 2.32. The molecule has 1 aromatic carbocycles. The first-order valence-corrected chi connectivity index (χ1v) is 6.53. The number of ether oxygens (including phenoxy) is 2. The molecule has 0 aliphatic carbocycles. The van der Waals surface area contributed by atoms with E-state index < -0.39 is 0 Å². The molecule has 1 aliphatic heterocycles. The molecular weight excluding hydrogens is 256 g/mol. The van der Waals surface area contributed by atoms with Crippen LogP contribution in [0, 0.1) is 0 Å². The van der Waals surface area contributed by atoms with E-state index in [0.29, 0.717) is 19.8 Å². The molecule has 1 aromatic heterocycles. The van der Waals surface area contributed by atoms with Crippen molar-refractivity contribution in [3.63, 3.8) is 0 Å². The lowest BCUT2D eigenvalue weighted by atomic mass is 10.1. The fourth-order valence-corrected chi connectivity index (χ4v) is 2.19. The molecule has 0 amide bonds. The van der Waals surface area contributed by atoms with Gasteiger partial charge < -0.3 is 19.8 Å². The molecule has 0 spiro atoms. The fourth-order valence-electron chi connectivity index (χ4n) is 2.19. The van der Waals surface area contributed by atoms with Crippen molar-refractivity contribution in [2.75, 3.05) is 13.2 Å². The maximum atomic E-state index is 11.1. The normalized spacial score (nSPS) is 14.8. The molecule has 2 N–H and O–H groups in total. The van der Waals surface area contributed by atoms with Crippen molar-refractivity contribution in [3.8, 4) is 11.5 Å². The molecule has 1 aliphatic rings.